The Morgan fingerprint density at radius 2 is 1.67 bits per heavy atom. The molecule has 0 aliphatic carbocycles. The lowest BCUT2D eigenvalue weighted by atomic mass is 10.2. The molecule has 6 nitrogen and oxygen atoms in total. The zero-order valence-electron chi connectivity index (χ0n) is 12.6. The lowest BCUT2D eigenvalue weighted by Crippen LogP contribution is -2.19. The molecule has 0 saturated heterocycles. The molecule has 126 valence electrons. The maximum atomic E-state index is 12.2. The summed E-state index contributed by atoms with van der Waals surface area (Å²) in [6.45, 7) is -2.94. The quantitative estimate of drug-likeness (QED) is 0.816. The number of amides is 2. The van der Waals surface area contributed by atoms with E-state index >= 15 is 0 Å². The van der Waals surface area contributed by atoms with Gasteiger partial charge in [-0.25, -0.2) is 9.59 Å². The first-order valence-corrected chi connectivity index (χ1v) is 6.79. The van der Waals surface area contributed by atoms with Gasteiger partial charge in [-0.2, -0.15) is 8.78 Å². The van der Waals surface area contributed by atoms with E-state index in [1.165, 1.54) is 55.6 Å². The molecule has 0 fully saturated rings. The maximum absolute atomic E-state index is 12.2. The Bertz CT molecular complexity index is 720. The number of carbonyl (C=O) groups is 2. The van der Waals surface area contributed by atoms with E-state index in [-0.39, 0.29) is 11.4 Å². The van der Waals surface area contributed by atoms with Crippen LogP contribution in [0.5, 0.6) is 5.75 Å². The summed E-state index contributed by atoms with van der Waals surface area (Å²) >= 11 is 0. The van der Waals surface area contributed by atoms with Gasteiger partial charge in [-0.05, 0) is 36.4 Å². The normalized spacial score (nSPS) is 10.2. The number of methoxy groups -OCH3 is 1. The highest BCUT2D eigenvalue weighted by Crippen LogP contribution is 2.19. The number of alkyl halides is 2. The van der Waals surface area contributed by atoms with Gasteiger partial charge in [-0.1, -0.05) is 6.07 Å². The van der Waals surface area contributed by atoms with Crippen molar-refractivity contribution in [2.75, 3.05) is 17.7 Å². The second kappa shape index (κ2) is 7.91. The molecule has 0 atom stereocenters. The van der Waals surface area contributed by atoms with Crippen LogP contribution in [0, 0.1) is 0 Å². The molecule has 0 heterocycles. The Labute approximate surface area is 136 Å². The number of anilines is 2. The van der Waals surface area contributed by atoms with Crippen molar-refractivity contribution in [2.45, 2.75) is 6.61 Å². The summed E-state index contributed by atoms with van der Waals surface area (Å²) in [4.78, 5) is 23.2. The number of benzene rings is 2. The fourth-order valence-electron chi connectivity index (χ4n) is 1.85. The average molecular weight is 336 g/mol. The summed E-state index contributed by atoms with van der Waals surface area (Å²) in [6.07, 6.45) is 0. The summed E-state index contributed by atoms with van der Waals surface area (Å²) in [5, 5.41) is 5.03. The van der Waals surface area contributed by atoms with Gasteiger partial charge in [-0.3, -0.25) is 0 Å². The number of rotatable bonds is 5. The van der Waals surface area contributed by atoms with Crippen LogP contribution in [0.2, 0.25) is 0 Å². The standard InChI is InChI=1S/C16H14F2N2O4/c1-23-14(21)10-5-7-11(8-6-10)19-16(22)20-12-3-2-4-13(9-12)24-15(17)18/h2-9,15H,1H3,(H2,19,20,22). The fraction of sp³-hybridized carbons (Fsp3) is 0.125. The van der Waals surface area contributed by atoms with Crippen molar-refractivity contribution in [3.8, 4) is 5.75 Å². The van der Waals surface area contributed by atoms with Crippen LogP contribution < -0.4 is 15.4 Å². The number of hydrogen-bond acceptors (Lipinski definition) is 4. The van der Waals surface area contributed by atoms with E-state index in [0.29, 0.717) is 11.3 Å². The van der Waals surface area contributed by atoms with Gasteiger partial charge in [0.15, 0.2) is 0 Å². The number of urea groups is 1. The molecule has 24 heavy (non-hydrogen) atoms. The highest BCUT2D eigenvalue weighted by Gasteiger charge is 2.08. The van der Waals surface area contributed by atoms with Crippen LogP contribution >= 0.6 is 0 Å². The molecule has 2 aromatic rings. The van der Waals surface area contributed by atoms with E-state index in [0.717, 1.165) is 0 Å². The predicted molar refractivity (Wildman–Crippen MR) is 83.5 cm³/mol. The zero-order valence-corrected chi connectivity index (χ0v) is 12.6. The Morgan fingerprint density at radius 1 is 1.00 bits per heavy atom. The Kier molecular flexibility index (Phi) is 5.67. The first-order chi connectivity index (χ1) is 11.5. The molecule has 2 N–H and O–H groups in total. The molecule has 2 amide bonds. The first-order valence-electron chi connectivity index (χ1n) is 6.79. The fourth-order valence-corrected chi connectivity index (χ4v) is 1.85. The van der Waals surface area contributed by atoms with Crippen molar-refractivity contribution in [1.29, 1.82) is 0 Å². The van der Waals surface area contributed by atoms with E-state index in [4.69, 9.17) is 0 Å². The van der Waals surface area contributed by atoms with Crippen LogP contribution in [0.4, 0.5) is 25.0 Å². The summed E-state index contributed by atoms with van der Waals surface area (Å²) in [7, 11) is 1.27. The molecular weight excluding hydrogens is 322 g/mol. The van der Waals surface area contributed by atoms with Gasteiger partial charge in [0.1, 0.15) is 5.75 Å². The van der Waals surface area contributed by atoms with Crippen LogP contribution in [0.1, 0.15) is 10.4 Å². The molecular formula is C16H14F2N2O4. The molecule has 0 saturated carbocycles. The summed E-state index contributed by atoms with van der Waals surface area (Å²) in [5.74, 6) is -0.549. The van der Waals surface area contributed by atoms with Crippen LogP contribution in [-0.2, 0) is 4.74 Å². The molecule has 0 unspecified atom stereocenters. The number of esters is 1. The largest absolute Gasteiger partial charge is 0.465 e. The second-order valence-corrected chi connectivity index (χ2v) is 4.55. The van der Waals surface area contributed by atoms with Crippen molar-refractivity contribution in [3.63, 3.8) is 0 Å². The molecule has 0 aliphatic rings. The Hall–Kier alpha value is -3.16. The second-order valence-electron chi connectivity index (χ2n) is 4.55. The zero-order chi connectivity index (χ0) is 17.5. The SMILES string of the molecule is COC(=O)c1ccc(NC(=O)Nc2cccc(OC(F)F)c2)cc1. The van der Waals surface area contributed by atoms with Gasteiger partial charge in [0, 0.05) is 17.4 Å². The van der Waals surface area contributed by atoms with Crippen molar-refractivity contribution in [2.24, 2.45) is 0 Å². The highest BCUT2D eigenvalue weighted by molar-refractivity contribution is 6.00. The number of halogens is 2. The van der Waals surface area contributed by atoms with Gasteiger partial charge in [0.05, 0.1) is 12.7 Å². The van der Waals surface area contributed by atoms with Crippen molar-refractivity contribution in [3.05, 3.63) is 54.1 Å². The van der Waals surface area contributed by atoms with E-state index in [2.05, 4.69) is 20.1 Å². The van der Waals surface area contributed by atoms with Crippen LogP contribution in [0.15, 0.2) is 48.5 Å². The van der Waals surface area contributed by atoms with Gasteiger partial charge >= 0.3 is 18.6 Å². The molecule has 0 aliphatic heterocycles. The lowest BCUT2D eigenvalue weighted by Gasteiger charge is -2.10. The van der Waals surface area contributed by atoms with Crippen molar-refractivity contribution >= 4 is 23.4 Å². The van der Waals surface area contributed by atoms with E-state index in [1.54, 1.807) is 0 Å². The van der Waals surface area contributed by atoms with Gasteiger partial charge in [0.25, 0.3) is 0 Å². The monoisotopic (exact) mass is 336 g/mol. The summed E-state index contributed by atoms with van der Waals surface area (Å²) in [6, 6.07) is 11.1. The number of ether oxygens (including phenoxy) is 2. The predicted octanol–water partition coefficient (Wildman–Crippen LogP) is 3.72. The van der Waals surface area contributed by atoms with Crippen molar-refractivity contribution < 1.29 is 27.8 Å². The maximum Gasteiger partial charge on any atom is 0.387 e. The topological polar surface area (TPSA) is 76.7 Å². The third kappa shape index (κ3) is 4.94. The average Bonchev–Trinajstić information content (AvgIpc) is 2.54. The van der Waals surface area contributed by atoms with Gasteiger partial charge in [0.2, 0.25) is 0 Å². The van der Waals surface area contributed by atoms with Gasteiger partial charge < -0.3 is 20.1 Å². The van der Waals surface area contributed by atoms with Gasteiger partial charge in [-0.15, -0.1) is 0 Å². The van der Waals surface area contributed by atoms with Crippen LogP contribution in [0.25, 0.3) is 0 Å². The van der Waals surface area contributed by atoms with Crippen molar-refractivity contribution in [1.82, 2.24) is 0 Å². The molecule has 0 aromatic heterocycles. The van der Waals surface area contributed by atoms with E-state index in [9.17, 15) is 18.4 Å². The summed E-state index contributed by atoms with van der Waals surface area (Å²) < 4.78 is 33.1. The molecule has 8 heteroatoms. The number of hydrogen-bond donors (Lipinski definition) is 2. The number of carbonyl (C=O) groups excluding carboxylic acids is 2. The van der Waals surface area contributed by atoms with Crippen LogP contribution in [0.3, 0.4) is 0 Å². The summed E-state index contributed by atoms with van der Waals surface area (Å²) in [5.41, 5.74) is 1.08. The Morgan fingerprint density at radius 3 is 2.29 bits per heavy atom. The minimum Gasteiger partial charge on any atom is -0.465 e. The minimum atomic E-state index is -2.94. The van der Waals surface area contributed by atoms with Crippen LogP contribution in [-0.4, -0.2) is 25.7 Å². The smallest absolute Gasteiger partial charge is 0.387 e. The third-order valence-corrected chi connectivity index (χ3v) is 2.88. The third-order valence-electron chi connectivity index (χ3n) is 2.88. The Balaban J connectivity index is 1.97. The molecule has 2 aromatic carbocycles. The molecule has 0 spiro atoms. The first kappa shape index (κ1) is 17.2. The van der Waals surface area contributed by atoms with E-state index in [1.807, 2.05) is 0 Å². The minimum absolute atomic E-state index is 0.0646. The lowest BCUT2D eigenvalue weighted by molar-refractivity contribution is -0.0498. The number of nitrogens with one attached hydrogen (secondary N) is 2. The molecule has 0 bridgehead atoms. The highest BCUT2D eigenvalue weighted by atomic mass is 19.3. The molecule has 2 rings (SSSR count). The van der Waals surface area contributed by atoms with E-state index < -0.39 is 18.6 Å². The molecule has 0 radical (unpaired) electrons.